The largest absolute Gasteiger partial charge is 0.378 e. The minimum absolute atomic E-state index is 0.249. The van der Waals surface area contributed by atoms with Crippen LogP contribution in [0.25, 0.3) is 11.1 Å². The predicted octanol–water partition coefficient (Wildman–Crippen LogP) is 6.83. The summed E-state index contributed by atoms with van der Waals surface area (Å²) in [5, 5.41) is 4.63. The number of rotatable bonds is 2. The van der Waals surface area contributed by atoms with Gasteiger partial charge in [0.1, 0.15) is 0 Å². The second-order valence-electron chi connectivity index (χ2n) is 7.17. The average Bonchev–Trinajstić information content (AvgIpc) is 3.18. The lowest BCUT2D eigenvalue weighted by Gasteiger charge is -2.38. The van der Waals surface area contributed by atoms with Crippen molar-refractivity contribution in [2.24, 2.45) is 5.92 Å². The maximum absolute atomic E-state index is 6.52. The highest BCUT2D eigenvalue weighted by atomic mass is 35.5. The van der Waals surface area contributed by atoms with Crippen molar-refractivity contribution in [3.8, 4) is 11.1 Å². The molecule has 0 saturated carbocycles. The van der Waals surface area contributed by atoms with E-state index in [0.717, 1.165) is 11.4 Å². The maximum atomic E-state index is 6.52. The van der Waals surface area contributed by atoms with E-state index in [4.69, 9.17) is 11.6 Å². The topological polar surface area (TPSA) is 12.0 Å². The fourth-order valence-corrected chi connectivity index (χ4v) is 4.69. The van der Waals surface area contributed by atoms with E-state index in [0.29, 0.717) is 11.8 Å². The Morgan fingerprint density at radius 2 is 1.62 bits per heavy atom. The average molecular weight is 358 g/mol. The molecule has 1 heterocycles. The molecule has 2 aliphatic rings. The van der Waals surface area contributed by atoms with Gasteiger partial charge < -0.3 is 5.32 Å². The molecule has 0 fully saturated rings. The number of fused-ring (bicyclic) bond motifs is 3. The van der Waals surface area contributed by atoms with Crippen LogP contribution < -0.4 is 5.32 Å². The third-order valence-electron chi connectivity index (χ3n) is 5.71. The van der Waals surface area contributed by atoms with Crippen molar-refractivity contribution < 1.29 is 0 Å². The molecule has 1 N–H and O–H groups in total. The van der Waals surface area contributed by atoms with Crippen molar-refractivity contribution in [3.63, 3.8) is 0 Å². The summed E-state index contributed by atoms with van der Waals surface area (Å²) >= 11 is 6.52. The number of nitrogens with one attached hydrogen (secondary N) is 1. The lowest BCUT2D eigenvalue weighted by atomic mass is 9.76. The molecule has 0 unspecified atom stereocenters. The summed E-state index contributed by atoms with van der Waals surface area (Å²) in [5.41, 5.74) is 6.37. The number of anilines is 1. The van der Waals surface area contributed by atoms with E-state index < -0.39 is 0 Å². The molecular formula is C24H20ClN. The first-order valence-electron chi connectivity index (χ1n) is 9.18. The Labute approximate surface area is 159 Å². The number of hydrogen-bond donors (Lipinski definition) is 1. The van der Waals surface area contributed by atoms with Gasteiger partial charge in [-0.15, -0.1) is 0 Å². The number of halogens is 1. The number of hydrogen-bond acceptors (Lipinski definition) is 1. The summed E-state index contributed by atoms with van der Waals surface area (Å²) in [6.45, 7) is 0. The molecule has 2 heteroatoms. The van der Waals surface area contributed by atoms with Gasteiger partial charge in [-0.2, -0.15) is 0 Å². The minimum atomic E-state index is 0.249. The Kier molecular flexibility index (Phi) is 3.83. The van der Waals surface area contributed by atoms with Crippen molar-refractivity contribution in [1.29, 1.82) is 0 Å². The van der Waals surface area contributed by atoms with E-state index in [1.54, 1.807) is 0 Å². The molecule has 3 atom stereocenters. The van der Waals surface area contributed by atoms with Crippen LogP contribution in [0, 0.1) is 5.92 Å². The van der Waals surface area contributed by atoms with E-state index >= 15 is 0 Å². The summed E-state index contributed by atoms with van der Waals surface area (Å²) in [4.78, 5) is 0. The van der Waals surface area contributed by atoms with Gasteiger partial charge in [-0.3, -0.25) is 0 Å². The van der Waals surface area contributed by atoms with Crippen LogP contribution >= 0.6 is 11.6 Å². The third-order valence-corrected chi connectivity index (χ3v) is 6.05. The highest BCUT2D eigenvalue weighted by molar-refractivity contribution is 6.31. The SMILES string of the molecule is Clc1ccccc1[C@@H]1Nc2ccc(-c3ccccc3)cc2[C@@H]2C=CC[C@H]21. The van der Waals surface area contributed by atoms with Crippen molar-refractivity contribution in [2.45, 2.75) is 18.4 Å². The van der Waals surface area contributed by atoms with E-state index in [9.17, 15) is 0 Å². The van der Waals surface area contributed by atoms with Gasteiger partial charge in [-0.05, 0) is 52.8 Å². The molecular weight excluding hydrogens is 338 g/mol. The van der Waals surface area contributed by atoms with Gasteiger partial charge in [0.15, 0.2) is 0 Å². The molecule has 0 saturated heterocycles. The Bertz CT molecular complexity index is 977. The van der Waals surface area contributed by atoms with Crippen LogP contribution in [0.1, 0.15) is 29.5 Å². The Morgan fingerprint density at radius 3 is 2.46 bits per heavy atom. The number of benzene rings is 3. The van der Waals surface area contributed by atoms with Gasteiger partial charge in [0, 0.05) is 16.6 Å². The first-order chi connectivity index (χ1) is 12.8. The maximum Gasteiger partial charge on any atom is 0.0568 e. The molecule has 0 bridgehead atoms. The summed E-state index contributed by atoms with van der Waals surface area (Å²) in [7, 11) is 0. The van der Waals surface area contributed by atoms with E-state index in [1.807, 2.05) is 12.1 Å². The highest BCUT2D eigenvalue weighted by Crippen LogP contribution is 2.51. The van der Waals surface area contributed by atoms with Crippen LogP contribution in [0.3, 0.4) is 0 Å². The lowest BCUT2D eigenvalue weighted by molar-refractivity contribution is 0.426. The van der Waals surface area contributed by atoms with Crippen LogP contribution in [0.15, 0.2) is 84.9 Å². The Hall–Kier alpha value is -2.51. The molecule has 5 rings (SSSR count). The molecule has 1 nitrogen and oxygen atoms in total. The smallest absolute Gasteiger partial charge is 0.0568 e. The normalized spacial score (nSPS) is 23.2. The lowest BCUT2D eigenvalue weighted by Crippen LogP contribution is -2.29. The molecule has 0 radical (unpaired) electrons. The second kappa shape index (κ2) is 6.34. The Morgan fingerprint density at radius 1 is 0.808 bits per heavy atom. The molecule has 3 aromatic rings. The third kappa shape index (κ3) is 2.55. The monoisotopic (exact) mass is 357 g/mol. The van der Waals surface area contributed by atoms with E-state index in [-0.39, 0.29) is 6.04 Å². The van der Waals surface area contributed by atoms with Crippen LogP contribution in [0.4, 0.5) is 5.69 Å². The molecule has 1 aliphatic heterocycles. The Balaban J connectivity index is 1.59. The predicted molar refractivity (Wildman–Crippen MR) is 110 cm³/mol. The molecule has 0 amide bonds. The molecule has 128 valence electrons. The van der Waals surface area contributed by atoms with Gasteiger partial charge in [-0.25, -0.2) is 0 Å². The van der Waals surface area contributed by atoms with Crippen molar-refractivity contribution in [1.82, 2.24) is 0 Å². The molecule has 3 aromatic carbocycles. The fraction of sp³-hybridized carbons (Fsp3) is 0.167. The van der Waals surface area contributed by atoms with Crippen molar-refractivity contribution in [3.05, 3.63) is 101 Å². The van der Waals surface area contributed by atoms with Gasteiger partial charge in [0.2, 0.25) is 0 Å². The molecule has 0 aromatic heterocycles. The quantitative estimate of drug-likeness (QED) is 0.495. The summed E-state index contributed by atoms with van der Waals surface area (Å²) in [6.07, 6.45) is 5.79. The second-order valence-corrected chi connectivity index (χ2v) is 7.57. The summed E-state index contributed by atoms with van der Waals surface area (Å²) in [5.74, 6) is 0.949. The highest BCUT2D eigenvalue weighted by Gasteiger charge is 2.38. The number of allylic oxidation sites excluding steroid dienone is 2. The first-order valence-corrected chi connectivity index (χ1v) is 9.56. The van der Waals surface area contributed by atoms with Gasteiger partial charge in [-0.1, -0.05) is 78.4 Å². The zero-order valence-corrected chi connectivity index (χ0v) is 15.2. The van der Waals surface area contributed by atoms with Crippen LogP contribution in [0.5, 0.6) is 0 Å². The summed E-state index contributed by atoms with van der Waals surface area (Å²) < 4.78 is 0. The van der Waals surface area contributed by atoms with Crippen LogP contribution in [-0.4, -0.2) is 0 Å². The molecule has 26 heavy (non-hydrogen) atoms. The fourth-order valence-electron chi connectivity index (χ4n) is 4.44. The van der Waals surface area contributed by atoms with Crippen LogP contribution in [-0.2, 0) is 0 Å². The van der Waals surface area contributed by atoms with Gasteiger partial charge in [0.05, 0.1) is 6.04 Å². The van der Waals surface area contributed by atoms with Crippen molar-refractivity contribution >= 4 is 17.3 Å². The first kappa shape index (κ1) is 15.7. The van der Waals surface area contributed by atoms with Crippen LogP contribution in [0.2, 0.25) is 5.02 Å². The summed E-state index contributed by atoms with van der Waals surface area (Å²) in [6, 6.07) is 25.9. The minimum Gasteiger partial charge on any atom is -0.378 e. The zero-order valence-electron chi connectivity index (χ0n) is 14.4. The van der Waals surface area contributed by atoms with E-state index in [2.05, 4.69) is 78.1 Å². The van der Waals surface area contributed by atoms with Gasteiger partial charge >= 0.3 is 0 Å². The zero-order chi connectivity index (χ0) is 17.5. The van der Waals surface area contributed by atoms with Gasteiger partial charge in [0.25, 0.3) is 0 Å². The molecule has 1 aliphatic carbocycles. The van der Waals surface area contributed by atoms with E-state index in [1.165, 1.54) is 27.9 Å². The standard InChI is InChI=1S/C24H20ClN/c25-22-12-5-4-9-20(22)24-19-11-6-10-18(19)21-15-17(13-14-23(21)26-24)16-7-2-1-3-8-16/h1-10,12-15,18-19,24,26H,11H2/t18-,19-,24-/m1/s1. The van der Waals surface area contributed by atoms with Crippen molar-refractivity contribution in [2.75, 3.05) is 5.32 Å². The molecule has 0 spiro atoms.